The topological polar surface area (TPSA) is 26.0 Å². The fourth-order valence-corrected chi connectivity index (χ4v) is 2.21. The summed E-state index contributed by atoms with van der Waals surface area (Å²) in [4.78, 5) is 0. The predicted octanol–water partition coefficient (Wildman–Crippen LogP) is 3.33. The summed E-state index contributed by atoms with van der Waals surface area (Å²) in [5, 5.41) is 0. The van der Waals surface area contributed by atoms with Crippen LogP contribution in [0.4, 0.5) is 0 Å². The molecule has 0 aromatic heterocycles. The van der Waals surface area contributed by atoms with Crippen molar-refractivity contribution in [2.24, 2.45) is 11.1 Å². The largest absolute Gasteiger partial charge is 0.330 e. The molecule has 0 unspecified atom stereocenters. The summed E-state index contributed by atoms with van der Waals surface area (Å²) >= 11 is 0. The van der Waals surface area contributed by atoms with Crippen LogP contribution in [0.25, 0.3) is 0 Å². The molecule has 0 spiro atoms. The molecule has 1 rings (SSSR count). The van der Waals surface area contributed by atoms with E-state index < -0.39 is 0 Å². The molecule has 0 bridgehead atoms. The summed E-state index contributed by atoms with van der Waals surface area (Å²) < 4.78 is 0. The average molecular weight is 171 g/mol. The van der Waals surface area contributed by atoms with Gasteiger partial charge in [-0.2, -0.15) is 0 Å². The standard InChI is InChI=1S/C9H19N.C2H6/c1-2-9(7-8-10)5-3-4-6-9;1-2/h2-8,10H2,1H3;1-2H3. The van der Waals surface area contributed by atoms with Crippen molar-refractivity contribution in [2.75, 3.05) is 6.54 Å². The van der Waals surface area contributed by atoms with Crippen LogP contribution in [0.15, 0.2) is 0 Å². The molecular formula is C11H25N. The number of hydrogen-bond acceptors (Lipinski definition) is 1. The van der Waals surface area contributed by atoms with Crippen molar-refractivity contribution in [3.05, 3.63) is 0 Å². The van der Waals surface area contributed by atoms with Crippen molar-refractivity contribution in [3.63, 3.8) is 0 Å². The van der Waals surface area contributed by atoms with Gasteiger partial charge < -0.3 is 5.73 Å². The molecule has 2 N–H and O–H groups in total. The molecular weight excluding hydrogens is 146 g/mol. The minimum Gasteiger partial charge on any atom is -0.330 e. The number of rotatable bonds is 3. The summed E-state index contributed by atoms with van der Waals surface area (Å²) in [6, 6.07) is 0. The highest BCUT2D eigenvalue weighted by Gasteiger charge is 2.30. The van der Waals surface area contributed by atoms with E-state index in [0.717, 1.165) is 6.54 Å². The third kappa shape index (κ3) is 3.14. The zero-order valence-electron chi connectivity index (χ0n) is 9.03. The summed E-state index contributed by atoms with van der Waals surface area (Å²) in [5.41, 5.74) is 6.23. The third-order valence-electron chi connectivity index (χ3n) is 3.09. The first-order chi connectivity index (χ1) is 5.83. The Morgan fingerprint density at radius 1 is 1.17 bits per heavy atom. The second-order valence-electron chi connectivity index (χ2n) is 3.60. The second kappa shape index (κ2) is 6.47. The zero-order chi connectivity index (χ0) is 9.45. The normalized spacial score (nSPS) is 20.0. The molecule has 74 valence electrons. The van der Waals surface area contributed by atoms with Gasteiger partial charge in [-0.15, -0.1) is 0 Å². The predicted molar refractivity (Wildman–Crippen MR) is 56.2 cm³/mol. The van der Waals surface area contributed by atoms with Crippen molar-refractivity contribution in [3.8, 4) is 0 Å². The van der Waals surface area contributed by atoms with Crippen LogP contribution in [0.5, 0.6) is 0 Å². The molecule has 0 aliphatic heterocycles. The highest BCUT2D eigenvalue weighted by molar-refractivity contribution is 4.83. The van der Waals surface area contributed by atoms with Gasteiger partial charge in [0.05, 0.1) is 0 Å². The highest BCUT2D eigenvalue weighted by Crippen LogP contribution is 2.43. The van der Waals surface area contributed by atoms with Gasteiger partial charge in [0.15, 0.2) is 0 Å². The van der Waals surface area contributed by atoms with Crippen LogP contribution in [-0.4, -0.2) is 6.54 Å². The van der Waals surface area contributed by atoms with Crippen molar-refractivity contribution >= 4 is 0 Å². The molecule has 0 aromatic rings. The van der Waals surface area contributed by atoms with Gasteiger partial charge in [0.1, 0.15) is 0 Å². The summed E-state index contributed by atoms with van der Waals surface area (Å²) in [6.07, 6.45) is 8.33. The molecule has 1 nitrogen and oxygen atoms in total. The van der Waals surface area contributed by atoms with E-state index in [1.807, 2.05) is 13.8 Å². The Morgan fingerprint density at radius 3 is 2.00 bits per heavy atom. The van der Waals surface area contributed by atoms with Crippen LogP contribution in [0.1, 0.15) is 59.3 Å². The first kappa shape index (κ1) is 12.0. The van der Waals surface area contributed by atoms with Crippen LogP contribution in [0, 0.1) is 5.41 Å². The summed E-state index contributed by atoms with van der Waals surface area (Å²) in [6.45, 7) is 7.19. The number of nitrogens with two attached hydrogens (primary N) is 1. The van der Waals surface area contributed by atoms with E-state index in [4.69, 9.17) is 5.73 Å². The summed E-state index contributed by atoms with van der Waals surface area (Å²) in [5.74, 6) is 0. The van der Waals surface area contributed by atoms with Crippen LogP contribution < -0.4 is 5.73 Å². The van der Waals surface area contributed by atoms with E-state index >= 15 is 0 Å². The Kier molecular flexibility index (Phi) is 6.45. The van der Waals surface area contributed by atoms with Gasteiger partial charge in [-0.3, -0.25) is 0 Å². The van der Waals surface area contributed by atoms with E-state index in [9.17, 15) is 0 Å². The van der Waals surface area contributed by atoms with Gasteiger partial charge in [0, 0.05) is 0 Å². The highest BCUT2D eigenvalue weighted by atomic mass is 14.5. The molecule has 0 amide bonds. The van der Waals surface area contributed by atoms with Gasteiger partial charge in [-0.05, 0) is 31.2 Å². The van der Waals surface area contributed by atoms with Crippen molar-refractivity contribution in [1.29, 1.82) is 0 Å². The van der Waals surface area contributed by atoms with Crippen molar-refractivity contribution in [2.45, 2.75) is 59.3 Å². The quantitative estimate of drug-likeness (QED) is 0.692. The minimum atomic E-state index is 0.661. The first-order valence-corrected chi connectivity index (χ1v) is 5.53. The molecule has 0 heterocycles. The minimum absolute atomic E-state index is 0.661. The Labute approximate surface area is 77.7 Å². The fraction of sp³-hybridized carbons (Fsp3) is 1.00. The van der Waals surface area contributed by atoms with Crippen LogP contribution in [0.3, 0.4) is 0 Å². The van der Waals surface area contributed by atoms with Crippen LogP contribution in [0.2, 0.25) is 0 Å². The fourth-order valence-electron chi connectivity index (χ4n) is 2.21. The monoisotopic (exact) mass is 171 g/mol. The van der Waals surface area contributed by atoms with Crippen molar-refractivity contribution in [1.82, 2.24) is 0 Å². The second-order valence-corrected chi connectivity index (χ2v) is 3.60. The van der Waals surface area contributed by atoms with E-state index in [-0.39, 0.29) is 0 Å². The van der Waals surface area contributed by atoms with Gasteiger partial charge in [0.2, 0.25) is 0 Å². The maximum atomic E-state index is 5.57. The Morgan fingerprint density at radius 2 is 1.67 bits per heavy atom. The molecule has 1 aliphatic carbocycles. The molecule has 1 fully saturated rings. The Bertz CT molecular complexity index is 93.2. The first-order valence-electron chi connectivity index (χ1n) is 5.53. The van der Waals surface area contributed by atoms with Crippen LogP contribution in [-0.2, 0) is 0 Å². The molecule has 1 saturated carbocycles. The zero-order valence-corrected chi connectivity index (χ0v) is 9.03. The number of hydrogen-bond donors (Lipinski definition) is 1. The maximum absolute atomic E-state index is 5.57. The molecule has 0 radical (unpaired) electrons. The van der Waals surface area contributed by atoms with Crippen LogP contribution >= 0.6 is 0 Å². The lowest BCUT2D eigenvalue weighted by atomic mass is 9.80. The average Bonchev–Trinajstić information content (AvgIpc) is 2.58. The third-order valence-corrected chi connectivity index (χ3v) is 3.09. The molecule has 12 heavy (non-hydrogen) atoms. The lowest BCUT2D eigenvalue weighted by Gasteiger charge is -2.26. The molecule has 0 atom stereocenters. The maximum Gasteiger partial charge on any atom is -0.00720 e. The molecule has 1 aliphatic rings. The van der Waals surface area contributed by atoms with E-state index in [0.29, 0.717) is 5.41 Å². The lowest BCUT2D eigenvalue weighted by molar-refractivity contribution is 0.265. The van der Waals surface area contributed by atoms with E-state index in [1.54, 1.807) is 0 Å². The molecule has 0 aromatic carbocycles. The smallest absolute Gasteiger partial charge is 0.00720 e. The van der Waals surface area contributed by atoms with Gasteiger partial charge in [-0.25, -0.2) is 0 Å². The summed E-state index contributed by atoms with van der Waals surface area (Å²) in [7, 11) is 0. The molecule has 1 heteroatoms. The Balaban J connectivity index is 0.000000561. The van der Waals surface area contributed by atoms with Gasteiger partial charge >= 0.3 is 0 Å². The van der Waals surface area contributed by atoms with E-state index in [1.165, 1.54) is 38.5 Å². The van der Waals surface area contributed by atoms with Gasteiger partial charge in [0.25, 0.3) is 0 Å². The van der Waals surface area contributed by atoms with E-state index in [2.05, 4.69) is 6.92 Å². The lowest BCUT2D eigenvalue weighted by Crippen LogP contribution is -2.19. The SMILES string of the molecule is CC.CCC1(CCN)CCCC1. The van der Waals surface area contributed by atoms with Crippen molar-refractivity contribution < 1.29 is 0 Å². The Hall–Kier alpha value is -0.0400. The van der Waals surface area contributed by atoms with Gasteiger partial charge in [-0.1, -0.05) is 40.0 Å². The molecule has 0 saturated heterocycles.